The largest absolute Gasteiger partial charge is 0.477 e. The van der Waals surface area contributed by atoms with E-state index in [1.807, 2.05) is 36.4 Å². The SMILES string of the molecule is COCc1ccccc1-c1ccc(-c2nc3cc(C(=O)O)[nH]n3c(=O)c2C2CCCCC2)cc1. The highest BCUT2D eigenvalue weighted by Gasteiger charge is 2.26. The third-order valence-corrected chi connectivity index (χ3v) is 6.68. The zero-order chi connectivity index (χ0) is 23.7. The molecule has 5 rings (SSSR count). The van der Waals surface area contributed by atoms with E-state index >= 15 is 0 Å². The normalized spacial score (nSPS) is 14.5. The lowest BCUT2D eigenvalue weighted by atomic mass is 9.82. The molecule has 1 aliphatic rings. The number of ether oxygens (including phenoxy) is 1. The number of aromatic carboxylic acids is 1. The number of benzene rings is 2. The molecule has 0 radical (unpaired) electrons. The van der Waals surface area contributed by atoms with Gasteiger partial charge in [-0.3, -0.25) is 9.89 Å². The van der Waals surface area contributed by atoms with E-state index in [-0.39, 0.29) is 17.2 Å². The Labute approximate surface area is 197 Å². The van der Waals surface area contributed by atoms with Gasteiger partial charge in [0.25, 0.3) is 5.56 Å². The van der Waals surface area contributed by atoms with Crippen LogP contribution in [0.15, 0.2) is 59.4 Å². The average Bonchev–Trinajstić information content (AvgIpc) is 3.31. The van der Waals surface area contributed by atoms with Crippen molar-refractivity contribution < 1.29 is 14.6 Å². The van der Waals surface area contributed by atoms with Gasteiger partial charge in [-0.2, -0.15) is 0 Å². The number of aromatic nitrogens is 3. The Hall–Kier alpha value is -3.71. The lowest BCUT2D eigenvalue weighted by Gasteiger charge is -2.23. The van der Waals surface area contributed by atoms with Gasteiger partial charge in [-0.1, -0.05) is 67.8 Å². The first-order valence-corrected chi connectivity index (χ1v) is 11.6. The van der Waals surface area contributed by atoms with Crippen molar-refractivity contribution in [3.05, 3.63) is 81.8 Å². The molecule has 1 fully saturated rings. The molecule has 7 nitrogen and oxygen atoms in total. The zero-order valence-corrected chi connectivity index (χ0v) is 19.1. The van der Waals surface area contributed by atoms with Gasteiger partial charge in [0.2, 0.25) is 0 Å². The molecule has 2 aromatic heterocycles. The molecular formula is C27H27N3O4. The molecule has 2 aromatic carbocycles. The minimum atomic E-state index is -1.12. The van der Waals surface area contributed by atoms with Crippen LogP contribution >= 0.6 is 0 Å². The van der Waals surface area contributed by atoms with E-state index in [4.69, 9.17) is 9.72 Å². The fourth-order valence-electron chi connectivity index (χ4n) is 5.02. The second-order valence-corrected chi connectivity index (χ2v) is 8.85. The van der Waals surface area contributed by atoms with Gasteiger partial charge in [0.15, 0.2) is 5.65 Å². The number of fused-ring (bicyclic) bond motifs is 1. The number of H-pyrrole nitrogens is 1. The van der Waals surface area contributed by atoms with Crippen molar-refractivity contribution in [1.29, 1.82) is 0 Å². The number of carboxylic acid groups (broad SMARTS) is 1. The van der Waals surface area contributed by atoms with Crippen molar-refractivity contribution in [2.75, 3.05) is 7.11 Å². The molecule has 0 atom stereocenters. The summed E-state index contributed by atoms with van der Waals surface area (Å²) in [7, 11) is 1.68. The molecular weight excluding hydrogens is 430 g/mol. The van der Waals surface area contributed by atoms with Crippen LogP contribution in [-0.2, 0) is 11.3 Å². The van der Waals surface area contributed by atoms with E-state index < -0.39 is 5.97 Å². The second kappa shape index (κ2) is 9.27. The number of aromatic amines is 1. The number of nitrogens with zero attached hydrogens (tertiary/aromatic N) is 2. The van der Waals surface area contributed by atoms with Crippen LogP contribution in [0.25, 0.3) is 28.0 Å². The van der Waals surface area contributed by atoms with Gasteiger partial charge in [-0.25, -0.2) is 14.3 Å². The molecule has 0 aliphatic heterocycles. The topological polar surface area (TPSA) is 96.7 Å². The summed E-state index contributed by atoms with van der Waals surface area (Å²) in [4.78, 5) is 29.8. The van der Waals surface area contributed by atoms with Crippen LogP contribution in [0, 0.1) is 0 Å². The molecule has 0 saturated heterocycles. The summed E-state index contributed by atoms with van der Waals surface area (Å²) in [5.74, 6) is -1.01. The maximum atomic E-state index is 13.5. The van der Waals surface area contributed by atoms with Gasteiger partial charge in [-0.05, 0) is 35.4 Å². The van der Waals surface area contributed by atoms with Crippen LogP contribution < -0.4 is 5.56 Å². The van der Waals surface area contributed by atoms with Crippen LogP contribution in [0.4, 0.5) is 0 Å². The molecule has 0 bridgehead atoms. The van der Waals surface area contributed by atoms with Crippen molar-refractivity contribution in [3.63, 3.8) is 0 Å². The van der Waals surface area contributed by atoms with E-state index in [0.717, 1.165) is 47.9 Å². The third kappa shape index (κ3) is 4.03. The summed E-state index contributed by atoms with van der Waals surface area (Å²) in [6.07, 6.45) is 5.19. The lowest BCUT2D eigenvalue weighted by molar-refractivity contribution is 0.0690. The standard InChI is InChI=1S/C27H27N3O4/c1-34-16-20-9-5-6-10-21(20)17-11-13-19(14-12-17)25-24(18-7-3-2-4-8-18)26(31)30-23(28-25)15-22(29-30)27(32)33/h5-6,9-15,18,29H,2-4,7-8,16H2,1H3,(H,32,33). The van der Waals surface area contributed by atoms with Gasteiger partial charge < -0.3 is 9.84 Å². The summed E-state index contributed by atoms with van der Waals surface area (Å²) in [6.45, 7) is 0.526. The molecule has 4 aromatic rings. The van der Waals surface area contributed by atoms with Gasteiger partial charge in [0.1, 0.15) is 5.69 Å². The maximum absolute atomic E-state index is 13.5. The first kappa shape index (κ1) is 22.1. The lowest BCUT2D eigenvalue weighted by Crippen LogP contribution is -2.25. The molecule has 2 N–H and O–H groups in total. The van der Waals surface area contributed by atoms with Crippen molar-refractivity contribution >= 4 is 11.6 Å². The number of hydrogen-bond donors (Lipinski definition) is 2. The fraction of sp³-hybridized carbons (Fsp3) is 0.296. The van der Waals surface area contributed by atoms with Gasteiger partial charge >= 0.3 is 5.97 Å². The Kier molecular flexibility index (Phi) is 6.02. The molecule has 0 spiro atoms. The average molecular weight is 458 g/mol. The first-order chi connectivity index (χ1) is 16.6. The van der Waals surface area contributed by atoms with Gasteiger partial charge in [-0.15, -0.1) is 0 Å². The summed E-state index contributed by atoms with van der Waals surface area (Å²) in [6, 6.07) is 17.6. The van der Waals surface area contributed by atoms with E-state index in [1.54, 1.807) is 7.11 Å². The number of rotatable bonds is 6. The minimum Gasteiger partial charge on any atom is -0.477 e. The Morgan fingerprint density at radius 1 is 1.09 bits per heavy atom. The molecule has 34 heavy (non-hydrogen) atoms. The molecule has 174 valence electrons. The highest BCUT2D eigenvalue weighted by Crippen LogP contribution is 2.36. The van der Waals surface area contributed by atoms with Crippen LogP contribution in [0.3, 0.4) is 0 Å². The van der Waals surface area contributed by atoms with Crippen LogP contribution in [0.2, 0.25) is 0 Å². The molecule has 7 heteroatoms. The number of carbonyl (C=O) groups is 1. The Morgan fingerprint density at radius 3 is 2.50 bits per heavy atom. The predicted octanol–water partition coefficient (Wildman–Crippen LogP) is 5.25. The zero-order valence-electron chi connectivity index (χ0n) is 19.1. The number of nitrogens with one attached hydrogen (secondary N) is 1. The van der Waals surface area contributed by atoms with Crippen molar-refractivity contribution in [2.24, 2.45) is 0 Å². The Bertz CT molecular complexity index is 1400. The summed E-state index contributed by atoms with van der Waals surface area (Å²) in [5, 5.41) is 12.1. The fourth-order valence-corrected chi connectivity index (χ4v) is 5.02. The van der Waals surface area contributed by atoms with Crippen LogP contribution in [0.5, 0.6) is 0 Å². The molecule has 0 amide bonds. The van der Waals surface area contributed by atoms with E-state index in [9.17, 15) is 14.7 Å². The monoisotopic (exact) mass is 457 g/mol. The van der Waals surface area contributed by atoms with Crippen molar-refractivity contribution in [3.8, 4) is 22.4 Å². The highest BCUT2D eigenvalue weighted by atomic mass is 16.5. The Morgan fingerprint density at radius 2 is 1.79 bits per heavy atom. The van der Waals surface area contributed by atoms with Crippen molar-refractivity contribution in [2.45, 2.75) is 44.6 Å². The van der Waals surface area contributed by atoms with E-state index in [2.05, 4.69) is 17.2 Å². The first-order valence-electron chi connectivity index (χ1n) is 11.6. The van der Waals surface area contributed by atoms with Crippen LogP contribution in [-0.4, -0.2) is 32.8 Å². The summed E-state index contributed by atoms with van der Waals surface area (Å²) >= 11 is 0. The maximum Gasteiger partial charge on any atom is 0.353 e. The highest BCUT2D eigenvalue weighted by molar-refractivity contribution is 5.86. The summed E-state index contributed by atoms with van der Waals surface area (Å²) in [5.41, 5.74) is 5.47. The molecule has 1 saturated carbocycles. The molecule has 0 unspecified atom stereocenters. The van der Waals surface area contributed by atoms with E-state index in [1.165, 1.54) is 17.0 Å². The quantitative estimate of drug-likeness (QED) is 0.412. The Balaban J connectivity index is 1.64. The van der Waals surface area contributed by atoms with Gasteiger partial charge in [0.05, 0.1) is 12.3 Å². The number of methoxy groups -OCH3 is 1. The predicted molar refractivity (Wildman–Crippen MR) is 130 cm³/mol. The van der Waals surface area contributed by atoms with E-state index in [0.29, 0.717) is 23.5 Å². The third-order valence-electron chi connectivity index (χ3n) is 6.68. The smallest absolute Gasteiger partial charge is 0.353 e. The number of carboxylic acids is 1. The molecule has 1 aliphatic carbocycles. The van der Waals surface area contributed by atoms with Gasteiger partial charge in [0, 0.05) is 24.3 Å². The number of hydrogen-bond acceptors (Lipinski definition) is 4. The molecule has 2 heterocycles. The second-order valence-electron chi connectivity index (χ2n) is 8.85. The van der Waals surface area contributed by atoms with Crippen molar-refractivity contribution in [1.82, 2.24) is 14.6 Å². The van der Waals surface area contributed by atoms with Crippen LogP contribution in [0.1, 0.15) is 59.6 Å². The minimum absolute atomic E-state index is 0.0542. The summed E-state index contributed by atoms with van der Waals surface area (Å²) < 4.78 is 6.62.